The Morgan fingerprint density at radius 3 is 2.79 bits per heavy atom. The first kappa shape index (κ1) is 18.0. The van der Waals surface area contributed by atoms with Gasteiger partial charge in [-0.05, 0) is 44.4 Å². The van der Waals surface area contributed by atoms with Gasteiger partial charge in [-0.15, -0.1) is 0 Å². The number of rotatable bonds is 7. The summed E-state index contributed by atoms with van der Waals surface area (Å²) in [6, 6.07) is 8.75. The van der Waals surface area contributed by atoms with Crippen molar-refractivity contribution in [2.45, 2.75) is 0 Å². The molecule has 7 heteroatoms. The van der Waals surface area contributed by atoms with Crippen molar-refractivity contribution in [2.24, 2.45) is 0 Å². The standard InChI is InChI=1S/C17H21ClN4O2/c1-22(2)9-8-20-17(23)15-11-13(6-7-19-15)21-14-10-12(18)4-5-16(14)24-3/h4-7,10-11H,8-9H2,1-3H3,(H,19,21)(H,20,23). The molecular formula is C17H21ClN4O2. The summed E-state index contributed by atoms with van der Waals surface area (Å²) >= 11 is 6.03. The lowest BCUT2D eigenvalue weighted by atomic mass is 10.2. The number of carbonyl (C=O) groups excluding carboxylic acids is 1. The zero-order valence-corrected chi connectivity index (χ0v) is 14.7. The molecule has 1 heterocycles. The number of methoxy groups -OCH3 is 1. The number of anilines is 2. The van der Waals surface area contributed by atoms with Crippen LogP contribution in [0.1, 0.15) is 10.5 Å². The van der Waals surface area contributed by atoms with Crippen molar-refractivity contribution in [1.29, 1.82) is 0 Å². The van der Waals surface area contributed by atoms with Gasteiger partial charge < -0.3 is 20.3 Å². The number of likely N-dealkylation sites (N-methyl/N-ethyl adjacent to an activating group) is 1. The van der Waals surface area contributed by atoms with Crippen molar-refractivity contribution in [3.8, 4) is 5.75 Å². The van der Waals surface area contributed by atoms with Crippen LogP contribution in [0, 0.1) is 0 Å². The molecule has 0 atom stereocenters. The molecule has 0 fully saturated rings. The SMILES string of the molecule is COc1ccc(Cl)cc1Nc1ccnc(C(=O)NCCN(C)C)c1. The third-order valence-corrected chi connectivity index (χ3v) is 3.51. The Labute approximate surface area is 146 Å². The average Bonchev–Trinajstić information content (AvgIpc) is 2.55. The van der Waals surface area contributed by atoms with E-state index in [2.05, 4.69) is 15.6 Å². The third kappa shape index (κ3) is 5.11. The van der Waals surface area contributed by atoms with Gasteiger partial charge in [-0.3, -0.25) is 9.78 Å². The molecule has 0 unspecified atom stereocenters. The summed E-state index contributed by atoms with van der Waals surface area (Å²) in [7, 11) is 5.49. The van der Waals surface area contributed by atoms with Crippen LogP contribution >= 0.6 is 11.6 Å². The molecule has 0 aliphatic heterocycles. The molecule has 0 bridgehead atoms. The highest BCUT2D eigenvalue weighted by molar-refractivity contribution is 6.31. The Kier molecular flexibility index (Phi) is 6.40. The van der Waals surface area contributed by atoms with Gasteiger partial charge in [0.2, 0.25) is 0 Å². The molecule has 6 nitrogen and oxygen atoms in total. The minimum atomic E-state index is -0.210. The largest absolute Gasteiger partial charge is 0.495 e. The number of aromatic nitrogens is 1. The minimum absolute atomic E-state index is 0.210. The molecule has 1 aromatic heterocycles. The van der Waals surface area contributed by atoms with Crippen LogP contribution in [0.15, 0.2) is 36.5 Å². The maximum atomic E-state index is 12.1. The molecule has 0 saturated heterocycles. The molecule has 0 aliphatic rings. The van der Waals surface area contributed by atoms with Gasteiger partial charge in [0.05, 0.1) is 12.8 Å². The molecule has 0 spiro atoms. The van der Waals surface area contributed by atoms with Crippen LogP contribution in [0.5, 0.6) is 5.75 Å². The first-order chi connectivity index (χ1) is 11.5. The molecule has 128 valence electrons. The van der Waals surface area contributed by atoms with Gasteiger partial charge in [0.25, 0.3) is 5.91 Å². The summed E-state index contributed by atoms with van der Waals surface area (Å²) in [4.78, 5) is 18.3. The number of ether oxygens (including phenoxy) is 1. The second-order valence-corrected chi connectivity index (χ2v) is 5.89. The summed E-state index contributed by atoms with van der Waals surface area (Å²) in [6.07, 6.45) is 1.58. The van der Waals surface area contributed by atoms with Gasteiger partial charge >= 0.3 is 0 Å². The molecule has 0 radical (unpaired) electrons. The number of benzene rings is 1. The van der Waals surface area contributed by atoms with Gasteiger partial charge in [-0.2, -0.15) is 0 Å². The lowest BCUT2D eigenvalue weighted by molar-refractivity contribution is 0.0946. The average molecular weight is 349 g/mol. The molecule has 2 aromatic rings. The van der Waals surface area contributed by atoms with E-state index in [4.69, 9.17) is 16.3 Å². The number of pyridine rings is 1. The topological polar surface area (TPSA) is 66.5 Å². The first-order valence-corrected chi connectivity index (χ1v) is 7.87. The van der Waals surface area contributed by atoms with E-state index in [1.165, 1.54) is 0 Å². The summed E-state index contributed by atoms with van der Waals surface area (Å²) < 4.78 is 5.31. The fraction of sp³-hybridized carbons (Fsp3) is 0.294. The van der Waals surface area contributed by atoms with E-state index in [1.807, 2.05) is 19.0 Å². The molecule has 2 N–H and O–H groups in total. The third-order valence-electron chi connectivity index (χ3n) is 3.28. The van der Waals surface area contributed by atoms with E-state index < -0.39 is 0 Å². The number of nitrogens with one attached hydrogen (secondary N) is 2. The van der Waals surface area contributed by atoms with E-state index >= 15 is 0 Å². The van der Waals surface area contributed by atoms with Gasteiger partial charge in [-0.25, -0.2) is 0 Å². The van der Waals surface area contributed by atoms with Crippen LogP contribution in [0.2, 0.25) is 5.02 Å². The maximum Gasteiger partial charge on any atom is 0.269 e. The predicted molar refractivity (Wildman–Crippen MR) is 96.4 cm³/mol. The molecule has 1 aromatic carbocycles. The predicted octanol–water partition coefficient (Wildman–Crippen LogP) is 2.78. The fourth-order valence-electron chi connectivity index (χ4n) is 2.05. The van der Waals surface area contributed by atoms with Crippen LogP contribution in [-0.2, 0) is 0 Å². The van der Waals surface area contributed by atoms with Crippen molar-refractivity contribution in [1.82, 2.24) is 15.2 Å². The molecule has 0 saturated carbocycles. The van der Waals surface area contributed by atoms with E-state index in [-0.39, 0.29) is 5.91 Å². The zero-order valence-electron chi connectivity index (χ0n) is 14.0. The van der Waals surface area contributed by atoms with Crippen molar-refractivity contribution >= 4 is 28.9 Å². The normalized spacial score (nSPS) is 10.5. The highest BCUT2D eigenvalue weighted by Gasteiger charge is 2.09. The second kappa shape index (κ2) is 8.52. The first-order valence-electron chi connectivity index (χ1n) is 7.49. The van der Waals surface area contributed by atoms with Crippen LogP contribution in [0.3, 0.4) is 0 Å². The number of amides is 1. The Hall–Kier alpha value is -2.31. The van der Waals surface area contributed by atoms with Crippen molar-refractivity contribution < 1.29 is 9.53 Å². The Morgan fingerprint density at radius 2 is 2.08 bits per heavy atom. The van der Waals surface area contributed by atoms with Gasteiger partial charge in [0.1, 0.15) is 11.4 Å². The van der Waals surface area contributed by atoms with Gasteiger partial charge in [0, 0.05) is 30.0 Å². The van der Waals surface area contributed by atoms with Crippen LogP contribution < -0.4 is 15.4 Å². The van der Waals surface area contributed by atoms with Gasteiger partial charge in [-0.1, -0.05) is 11.6 Å². The Bertz CT molecular complexity index is 707. The Morgan fingerprint density at radius 1 is 1.29 bits per heavy atom. The van der Waals surface area contributed by atoms with Gasteiger partial charge in [0.15, 0.2) is 0 Å². The molecule has 1 amide bonds. The van der Waals surface area contributed by atoms with Crippen LogP contribution in [-0.4, -0.2) is 50.1 Å². The van der Waals surface area contributed by atoms with E-state index in [0.29, 0.717) is 23.0 Å². The van der Waals surface area contributed by atoms with E-state index in [1.54, 1.807) is 43.6 Å². The van der Waals surface area contributed by atoms with Crippen LogP contribution in [0.25, 0.3) is 0 Å². The smallest absolute Gasteiger partial charge is 0.269 e. The monoisotopic (exact) mass is 348 g/mol. The fourth-order valence-corrected chi connectivity index (χ4v) is 2.22. The summed E-state index contributed by atoms with van der Waals surface area (Å²) in [5.41, 5.74) is 1.79. The lowest BCUT2D eigenvalue weighted by Gasteiger charge is -2.13. The molecule has 0 aliphatic carbocycles. The van der Waals surface area contributed by atoms with E-state index in [0.717, 1.165) is 17.9 Å². The summed E-state index contributed by atoms with van der Waals surface area (Å²) in [6.45, 7) is 1.33. The Balaban J connectivity index is 2.10. The molecule has 24 heavy (non-hydrogen) atoms. The number of hydrogen-bond acceptors (Lipinski definition) is 5. The highest BCUT2D eigenvalue weighted by atomic mass is 35.5. The second-order valence-electron chi connectivity index (χ2n) is 5.46. The molecular weight excluding hydrogens is 328 g/mol. The quantitative estimate of drug-likeness (QED) is 0.805. The summed E-state index contributed by atoms with van der Waals surface area (Å²) in [5, 5.41) is 6.62. The van der Waals surface area contributed by atoms with E-state index in [9.17, 15) is 4.79 Å². The number of carbonyl (C=O) groups is 1. The maximum absolute atomic E-state index is 12.1. The van der Waals surface area contributed by atoms with Crippen LogP contribution in [0.4, 0.5) is 11.4 Å². The minimum Gasteiger partial charge on any atom is -0.495 e. The van der Waals surface area contributed by atoms with Crippen molar-refractivity contribution in [3.05, 3.63) is 47.2 Å². The number of nitrogens with zero attached hydrogens (tertiary/aromatic N) is 2. The highest BCUT2D eigenvalue weighted by Crippen LogP contribution is 2.30. The molecule has 2 rings (SSSR count). The zero-order chi connectivity index (χ0) is 17.5. The van der Waals surface area contributed by atoms with Crippen molar-refractivity contribution in [2.75, 3.05) is 39.6 Å². The lowest BCUT2D eigenvalue weighted by Crippen LogP contribution is -2.31. The summed E-state index contributed by atoms with van der Waals surface area (Å²) in [5.74, 6) is 0.451. The number of hydrogen-bond donors (Lipinski definition) is 2. The number of halogens is 1. The van der Waals surface area contributed by atoms with Crippen molar-refractivity contribution in [3.63, 3.8) is 0 Å².